The second kappa shape index (κ2) is 14.3. The smallest absolute Gasteiger partial charge is 0.251 e. The summed E-state index contributed by atoms with van der Waals surface area (Å²) in [5.74, 6) is 0.745. The van der Waals surface area contributed by atoms with Crippen LogP contribution in [0, 0.1) is 13.8 Å². The lowest BCUT2D eigenvalue weighted by Crippen LogP contribution is -2.42. The number of tetrazole rings is 1. The summed E-state index contributed by atoms with van der Waals surface area (Å²) in [7, 11) is 0. The maximum Gasteiger partial charge on any atom is 0.251 e. The number of aromatic amines is 1. The molecule has 1 aliphatic carbocycles. The predicted molar refractivity (Wildman–Crippen MR) is 197 cm³/mol. The van der Waals surface area contributed by atoms with Crippen molar-refractivity contribution in [2.24, 2.45) is 0 Å². The Bertz CT molecular complexity index is 2210. The minimum atomic E-state index is -0.188. The van der Waals surface area contributed by atoms with Gasteiger partial charge in [-0.2, -0.15) is 5.21 Å². The summed E-state index contributed by atoms with van der Waals surface area (Å²) in [6.07, 6.45) is 6.22. The Morgan fingerprint density at radius 3 is 2.61 bits per heavy atom. The van der Waals surface area contributed by atoms with E-state index in [0.29, 0.717) is 56.6 Å². The average molecular weight is 704 g/mol. The van der Waals surface area contributed by atoms with Gasteiger partial charge < -0.3 is 19.5 Å². The van der Waals surface area contributed by atoms with Crippen molar-refractivity contribution in [3.05, 3.63) is 76.2 Å². The standard InChI is InChI=1S/C38H41N9O3S/c1-23-37(51-24(2)40-23)31-13-9-26-20-27(10-12-30(26)41-31)36-35(25-6-4-3-5-7-25)29-11-8-28(38(49)39-15-14-33-42-44-45-43-33)21-32(29)47(36)22-34(48)46-16-18-50-19-17-46/h8-13,20-21,25H,3-7,14-19,22H2,1-2H3,(H,39,49)(H,42,43,44,45). The number of hydrogen-bond acceptors (Lipinski definition) is 9. The summed E-state index contributed by atoms with van der Waals surface area (Å²) in [6.45, 7) is 6.80. The second-order valence-corrected chi connectivity index (χ2v) is 14.7. The predicted octanol–water partition coefficient (Wildman–Crippen LogP) is 5.99. The Labute approximate surface area is 299 Å². The minimum absolute atomic E-state index is 0.0453. The number of H-pyrrole nitrogens is 1. The summed E-state index contributed by atoms with van der Waals surface area (Å²) >= 11 is 1.66. The van der Waals surface area contributed by atoms with Gasteiger partial charge >= 0.3 is 0 Å². The molecule has 0 radical (unpaired) electrons. The number of carbonyl (C=O) groups is 2. The molecule has 6 aromatic rings. The van der Waals surface area contributed by atoms with Crippen LogP contribution in [-0.2, 0) is 22.5 Å². The van der Waals surface area contributed by atoms with Gasteiger partial charge in [-0.05, 0) is 74.1 Å². The molecule has 5 heterocycles. The first-order valence-electron chi connectivity index (χ1n) is 17.8. The van der Waals surface area contributed by atoms with E-state index in [9.17, 15) is 9.59 Å². The number of thiazole rings is 1. The molecule has 2 amide bonds. The van der Waals surface area contributed by atoms with Crippen molar-refractivity contribution in [1.29, 1.82) is 0 Å². The molecule has 1 aliphatic heterocycles. The highest BCUT2D eigenvalue weighted by Gasteiger charge is 2.29. The first-order valence-corrected chi connectivity index (χ1v) is 18.6. The van der Waals surface area contributed by atoms with Crippen molar-refractivity contribution in [3.8, 4) is 21.8 Å². The molecule has 0 bridgehead atoms. The first-order chi connectivity index (χ1) is 24.9. The molecule has 2 N–H and O–H groups in total. The number of benzene rings is 2. The summed E-state index contributed by atoms with van der Waals surface area (Å²) in [5, 5.41) is 20.2. The van der Waals surface area contributed by atoms with Crippen LogP contribution in [0.25, 0.3) is 43.6 Å². The van der Waals surface area contributed by atoms with E-state index >= 15 is 0 Å². The molecule has 0 unspecified atom stereocenters. The lowest BCUT2D eigenvalue weighted by Gasteiger charge is -2.28. The molecule has 0 spiro atoms. The summed E-state index contributed by atoms with van der Waals surface area (Å²) in [4.78, 5) is 40.1. The van der Waals surface area contributed by atoms with Gasteiger partial charge in [0.15, 0.2) is 5.82 Å². The number of aromatic nitrogens is 7. The molecular formula is C38H41N9O3S. The highest BCUT2D eigenvalue weighted by molar-refractivity contribution is 7.15. The van der Waals surface area contributed by atoms with Gasteiger partial charge in [-0.15, -0.1) is 21.5 Å². The number of nitrogens with one attached hydrogen (secondary N) is 2. The maximum atomic E-state index is 14.0. The molecule has 2 aliphatic rings. The Morgan fingerprint density at radius 2 is 1.84 bits per heavy atom. The van der Waals surface area contributed by atoms with Gasteiger partial charge in [-0.3, -0.25) is 9.59 Å². The van der Waals surface area contributed by atoms with E-state index in [2.05, 4.69) is 71.9 Å². The number of rotatable bonds is 9. The fourth-order valence-corrected chi connectivity index (χ4v) is 8.58. The molecule has 1 saturated carbocycles. The molecule has 262 valence electrons. The fraction of sp³-hybridized carbons (Fsp3) is 0.395. The van der Waals surface area contributed by atoms with Gasteiger partial charge in [0, 0.05) is 42.4 Å². The third-order valence-electron chi connectivity index (χ3n) is 10.2. The number of pyridine rings is 1. The molecule has 0 atom stereocenters. The maximum absolute atomic E-state index is 14.0. The van der Waals surface area contributed by atoms with Crippen molar-refractivity contribution in [2.45, 2.75) is 64.8 Å². The number of nitrogens with zero attached hydrogens (tertiary/aromatic N) is 7. The third kappa shape index (κ3) is 6.75. The van der Waals surface area contributed by atoms with Crippen molar-refractivity contribution in [3.63, 3.8) is 0 Å². The van der Waals surface area contributed by atoms with Gasteiger partial charge in [0.05, 0.1) is 51.2 Å². The van der Waals surface area contributed by atoms with Gasteiger partial charge in [0.25, 0.3) is 5.91 Å². The van der Waals surface area contributed by atoms with E-state index in [1.165, 1.54) is 24.8 Å². The molecular weight excluding hydrogens is 663 g/mol. The van der Waals surface area contributed by atoms with E-state index in [1.54, 1.807) is 11.3 Å². The Morgan fingerprint density at radius 1 is 1.00 bits per heavy atom. The van der Waals surface area contributed by atoms with Gasteiger partial charge in [0.2, 0.25) is 5.91 Å². The molecule has 12 nitrogen and oxygen atoms in total. The SMILES string of the molecule is Cc1nc(C)c(-c2ccc3cc(-c4c(C5CCCCC5)c5ccc(C(=O)NCCc6nn[nH]n6)cc5n4CC(=O)N4CCOCC4)ccc3n2)s1. The van der Waals surface area contributed by atoms with E-state index in [4.69, 9.17) is 9.72 Å². The molecule has 4 aromatic heterocycles. The number of ether oxygens (including phenoxy) is 1. The van der Waals surface area contributed by atoms with Gasteiger partial charge in [-0.1, -0.05) is 42.7 Å². The number of fused-ring (bicyclic) bond motifs is 2. The molecule has 1 saturated heterocycles. The monoisotopic (exact) mass is 703 g/mol. The van der Waals surface area contributed by atoms with E-state index in [-0.39, 0.29) is 18.4 Å². The highest BCUT2D eigenvalue weighted by atomic mass is 32.1. The van der Waals surface area contributed by atoms with Crippen LogP contribution >= 0.6 is 11.3 Å². The van der Waals surface area contributed by atoms with Gasteiger partial charge in [-0.25, -0.2) is 9.97 Å². The zero-order chi connectivity index (χ0) is 34.9. The molecule has 2 aromatic carbocycles. The Hall–Kier alpha value is -5.01. The number of aryl methyl sites for hydroxylation is 2. The van der Waals surface area contributed by atoms with E-state index in [1.807, 2.05) is 30.9 Å². The zero-order valence-corrected chi connectivity index (χ0v) is 29.8. The number of carbonyl (C=O) groups excluding carboxylic acids is 2. The average Bonchev–Trinajstić information content (AvgIpc) is 3.89. The molecule has 13 heteroatoms. The van der Waals surface area contributed by atoms with Crippen LogP contribution in [-0.4, -0.2) is 84.7 Å². The van der Waals surface area contributed by atoms with Crippen LogP contribution in [0.2, 0.25) is 0 Å². The lowest BCUT2D eigenvalue weighted by atomic mass is 9.81. The van der Waals surface area contributed by atoms with Crippen LogP contribution in [0.5, 0.6) is 0 Å². The third-order valence-corrected chi connectivity index (χ3v) is 11.3. The minimum Gasteiger partial charge on any atom is -0.378 e. The van der Waals surface area contributed by atoms with Crippen molar-refractivity contribution < 1.29 is 14.3 Å². The van der Waals surface area contributed by atoms with Crippen LogP contribution in [0.15, 0.2) is 48.5 Å². The zero-order valence-electron chi connectivity index (χ0n) is 28.9. The van der Waals surface area contributed by atoms with Crippen LogP contribution in [0.1, 0.15) is 70.5 Å². The fourth-order valence-electron chi connectivity index (χ4n) is 7.69. The molecule has 2 fully saturated rings. The molecule has 51 heavy (non-hydrogen) atoms. The summed E-state index contributed by atoms with van der Waals surface area (Å²) < 4.78 is 7.73. The van der Waals surface area contributed by atoms with E-state index < -0.39 is 0 Å². The summed E-state index contributed by atoms with van der Waals surface area (Å²) in [6, 6.07) is 16.6. The van der Waals surface area contributed by atoms with Crippen molar-refractivity contribution in [1.82, 2.24) is 45.4 Å². The topological polar surface area (TPSA) is 144 Å². The van der Waals surface area contributed by atoms with Crippen molar-refractivity contribution >= 4 is 45.0 Å². The highest BCUT2D eigenvalue weighted by Crippen LogP contribution is 2.45. The quantitative estimate of drug-likeness (QED) is 0.187. The van der Waals surface area contributed by atoms with Crippen LogP contribution < -0.4 is 5.32 Å². The number of morpholine rings is 1. The summed E-state index contributed by atoms with van der Waals surface area (Å²) in [5.41, 5.74) is 7.62. The first kappa shape index (κ1) is 33.2. The largest absolute Gasteiger partial charge is 0.378 e. The second-order valence-electron chi connectivity index (χ2n) is 13.5. The van der Waals surface area contributed by atoms with Crippen molar-refractivity contribution in [2.75, 3.05) is 32.8 Å². The Balaban J connectivity index is 1.24. The normalized spacial score (nSPS) is 15.5. The van der Waals surface area contributed by atoms with Crippen LogP contribution in [0.3, 0.4) is 0 Å². The lowest BCUT2D eigenvalue weighted by molar-refractivity contribution is -0.135. The van der Waals surface area contributed by atoms with E-state index in [0.717, 1.165) is 67.2 Å². The number of amides is 2. The number of hydrogen-bond donors (Lipinski definition) is 2. The van der Waals surface area contributed by atoms with Gasteiger partial charge in [0.1, 0.15) is 6.54 Å². The van der Waals surface area contributed by atoms with Crippen LogP contribution in [0.4, 0.5) is 0 Å². The Kier molecular flexibility index (Phi) is 9.30. The molecule has 8 rings (SSSR count).